The summed E-state index contributed by atoms with van der Waals surface area (Å²) < 4.78 is 57.7. The van der Waals surface area contributed by atoms with E-state index in [1.807, 2.05) is 91.0 Å². The number of hydrogen-bond donors (Lipinski definition) is 0. The molecule has 0 aromatic carbocycles. The quantitative estimate of drug-likeness (QED) is 0.0717. The van der Waals surface area contributed by atoms with Crippen LogP contribution in [0.25, 0.3) is 92.2 Å². The largest absolute Gasteiger partial charge is 0.464 e. The first-order chi connectivity index (χ1) is 33.4. The molecule has 0 aliphatic heterocycles. The van der Waals surface area contributed by atoms with Crippen LogP contribution < -0.4 is 10.8 Å². The SMILES string of the molecule is CC(C)S[Si](SC(C)C)(SC(C)C)c1ccc(-c2ccc(-c3ccc(-c4ccc(-c5ccc(-c6ccc(-c7ccc(-c8ccc(-c9ccc([Si]([Si](C)(C)C)([Si](C)(C)C)[Si](C)(C)C)o9)o8)o7)o6)o5)o4)o3)o2)o1. The molecule has 0 saturated heterocycles. The molecule has 0 spiro atoms. The number of hydrogen-bond acceptors (Lipinski definition) is 12. The van der Waals surface area contributed by atoms with E-state index in [-0.39, 0.29) is 0 Å². The Morgan fingerprint density at radius 1 is 0.254 bits per heavy atom. The summed E-state index contributed by atoms with van der Waals surface area (Å²) in [6.45, 7) is 34.9. The van der Waals surface area contributed by atoms with Gasteiger partial charge in [-0.2, -0.15) is 33.6 Å². The summed E-state index contributed by atoms with van der Waals surface area (Å²) in [5.41, 5.74) is -2.15. The molecular weight excluding hydrogens is 1030 g/mol. The Hall–Kier alpha value is -4.35. The summed E-state index contributed by atoms with van der Waals surface area (Å²) in [4.78, 5) is 0. The molecule has 9 heterocycles. The highest BCUT2D eigenvalue weighted by molar-refractivity contribution is 8.82. The van der Waals surface area contributed by atoms with Gasteiger partial charge in [0.05, 0.1) is 5.38 Å². The minimum atomic E-state index is -2.15. The first-order valence-electron chi connectivity index (χ1n) is 24.4. The topological polar surface area (TPSA) is 118 Å². The summed E-state index contributed by atoms with van der Waals surface area (Å²) in [6.07, 6.45) is 0. The third-order valence-corrected chi connectivity index (χ3v) is 101. The van der Waals surface area contributed by atoms with Gasteiger partial charge in [-0.3, -0.25) is 0 Å². The Morgan fingerprint density at radius 2 is 0.423 bits per heavy atom. The van der Waals surface area contributed by atoms with E-state index in [1.165, 1.54) is 5.38 Å². The highest BCUT2D eigenvalue weighted by Gasteiger charge is 2.65. The molecule has 17 heteroatoms. The van der Waals surface area contributed by atoms with E-state index in [2.05, 4.69) is 152 Å². The molecule has 0 bridgehead atoms. The average Bonchev–Trinajstić information content (AvgIpc) is 4.11. The van der Waals surface area contributed by atoms with Gasteiger partial charge < -0.3 is 39.8 Å². The molecule has 0 unspecified atom stereocenters. The second-order valence-corrected chi connectivity index (χ2v) is 77.4. The second-order valence-electron chi connectivity index (χ2n) is 22.0. The van der Waals surface area contributed by atoms with E-state index >= 15 is 0 Å². The van der Waals surface area contributed by atoms with Gasteiger partial charge in [-0.15, -0.1) is 0 Å². The van der Waals surface area contributed by atoms with Gasteiger partial charge in [0.1, 0.15) is 12.0 Å². The van der Waals surface area contributed by atoms with Crippen LogP contribution in [0.4, 0.5) is 0 Å². The molecule has 9 nitrogen and oxygen atoms in total. The normalized spacial score (nSPS) is 13.3. The van der Waals surface area contributed by atoms with Gasteiger partial charge in [0, 0.05) is 22.8 Å². The zero-order valence-electron chi connectivity index (χ0n) is 43.5. The maximum absolute atomic E-state index is 6.89. The molecule has 0 aliphatic carbocycles. The lowest BCUT2D eigenvalue weighted by Gasteiger charge is -2.55. The number of rotatable bonds is 19. The molecule has 0 saturated carbocycles. The van der Waals surface area contributed by atoms with Crippen LogP contribution in [0.1, 0.15) is 41.5 Å². The Kier molecular flexibility index (Phi) is 14.2. The highest BCUT2D eigenvalue weighted by atomic mass is 32.8. The Labute approximate surface area is 433 Å². The highest BCUT2D eigenvalue weighted by Crippen LogP contribution is 2.48. The van der Waals surface area contributed by atoms with Gasteiger partial charge in [-0.05, 0) is 125 Å². The molecule has 374 valence electrons. The molecule has 0 atom stereocenters. The molecule has 0 radical (unpaired) electrons. The summed E-state index contributed by atoms with van der Waals surface area (Å²) in [7, 11) is -4.77. The molecule has 0 aliphatic rings. The summed E-state index contributed by atoms with van der Waals surface area (Å²) in [5.74, 6) is 9.71. The Balaban J connectivity index is 0.865. The molecule has 0 fully saturated rings. The van der Waals surface area contributed by atoms with E-state index in [9.17, 15) is 0 Å². The van der Waals surface area contributed by atoms with Crippen LogP contribution in [0, 0.1) is 0 Å². The van der Waals surface area contributed by atoms with Crippen LogP contribution >= 0.6 is 33.6 Å². The monoisotopic (exact) mass is 1090 g/mol. The molecule has 0 amide bonds. The van der Waals surface area contributed by atoms with Crippen LogP contribution in [0.2, 0.25) is 58.9 Å². The predicted molar refractivity (Wildman–Crippen MR) is 309 cm³/mol. The molecule has 9 aromatic heterocycles. The zero-order valence-corrected chi connectivity index (χ0v) is 51.0. The third-order valence-electron chi connectivity index (χ3n) is 12.6. The average molecular weight is 1100 g/mol. The van der Waals surface area contributed by atoms with Gasteiger partial charge in [-0.1, -0.05) is 100 Å². The van der Waals surface area contributed by atoms with Crippen LogP contribution in [-0.2, 0) is 0 Å². The summed E-state index contributed by atoms with van der Waals surface area (Å²) >= 11 is 6.21. The molecule has 0 N–H and O–H groups in total. The fourth-order valence-electron chi connectivity index (χ4n) is 11.2. The van der Waals surface area contributed by atoms with Gasteiger partial charge in [0.25, 0.3) is 0 Å². The van der Waals surface area contributed by atoms with E-state index in [1.54, 1.807) is 0 Å². The maximum Gasteiger partial charge on any atom is 0.310 e. The minimum Gasteiger partial charge on any atom is -0.464 e. The van der Waals surface area contributed by atoms with Crippen molar-refractivity contribution in [3.8, 4) is 92.2 Å². The lowest BCUT2D eigenvalue weighted by Crippen LogP contribution is -2.88. The van der Waals surface area contributed by atoms with Crippen LogP contribution in [-0.4, -0.2) is 50.7 Å². The summed E-state index contributed by atoms with van der Waals surface area (Å²) in [5, 5.41) is 3.80. The Morgan fingerprint density at radius 3 is 0.620 bits per heavy atom. The van der Waals surface area contributed by atoms with E-state index in [0.29, 0.717) is 102 Å². The van der Waals surface area contributed by atoms with Crippen LogP contribution in [0.15, 0.2) is 149 Å². The standard InChI is InChI=1S/C54H66O9S3Si5/c1-34(2)64-70(65-35(3)4,66-36(5)6)53-32-30-51(62-53)49-28-26-47(60-49)45-24-22-43(58-45)41-20-18-39(56-41)37-16-17-38(55-37)40-19-21-42(57-40)44-23-25-46(59-44)48-27-29-50(61-48)52-31-33-54(63-52)71(67(7,8)9,68(10,11)12)69(13,14)15/h16-36H,1-15H3. The second kappa shape index (κ2) is 19.5. The molecule has 9 aromatic rings. The first-order valence-corrected chi connectivity index (χ1v) is 46.7. The molecule has 9 rings (SSSR count). The lowest BCUT2D eigenvalue weighted by atomic mass is 10.3. The fraction of sp³-hybridized carbons (Fsp3) is 0.333. The molecule has 71 heavy (non-hydrogen) atoms. The van der Waals surface area contributed by atoms with Crippen molar-refractivity contribution >= 4 is 79.3 Å². The van der Waals surface area contributed by atoms with Crippen molar-refractivity contribution in [2.24, 2.45) is 0 Å². The van der Waals surface area contributed by atoms with Crippen molar-refractivity contribution in [2.45, 2.75) is 116 Å². The van der Waals surface area contributed by atoms with Gasteiger partial charge in [-0.25, -0.2) is 0 Å². The van der Waals surface area contributed by atoms with Crippen molar-refractivity contribution in [3.05, 3.63) is 109 Å². The van der Waals surface area contributed by atoms with Gasteiger partial charge in [0.2, 0.25) is 0 Å². The first kappa shape index (κ1) is 51.6. The van der Waals surface area contributed by atoms with E-state index in [4.69, 9.17) is 39.8 Å². The third kappa shape index (κ3) is 10.1. The van der Waals surface area contributed by atoms with Crippen molar-refractivity contribution in [1.29, 1.82) is 0 Å². The van der Waals surface area contributed by atoms with Crippen LogP contribution in [0.3, 0.4) is 0 Å². The van der Waals surface area contributed by atoms with Gasteiger partial charge in [0.15, 0.2) is 92.2 Å². The van der Waals surface area contributed by atoms with Crippen molar-refractivity contribution in [1.82, 2.24) is 0 Å². The fourth-order valence-corrected chi connectivity index (χ4v) is 133. The summed E-state index contributed by atoms with van der Waals surface area (Å²) in [6, 6.07) is 35.1. The number of furan rings is 9. The lowest BCUT2D eigenvalue weighted by molar-refractivity contribution is 0.490. The van der Waals surface area contributed by atoms with Gasteiger partial charge >= 0.3 is 5.52 Å². The van der Waals surface area contributed by atoms with Crippen molar-refractivity contribution in [2.75, 3.05) is 0 Å². The van der Waals surface area contributed by atoms with Crippen molar-refractivity contribution < 1.29 is 39.8 Å². The maximum atomic E-state index is 6.89. The van der Waals surface area contributed by atoms with Crippen LogP contribution in [0.5, 0.6) is 0 Å². The van der Waals surface area contributed by atoms with E-state index < -0.39 is 34.9 Å². The minimum absolute atomic E-state index is 0.483. The zero-order chi connectivity index (χ0) is 50.8. The smallest absolute Gasteiger partial charge is 0.310 e. The van der Waals surface area contributed by atoms with Crippen molar-refractivity contribution in [3.63, 3.8) is 0 Å². The van der Waals surface area contributed by atoms with E-state index in [0.717, 1.165) is 11.1 Å². The Bertz CT molecular complexity index is 3170. The predicted octanol–water partition coefficient (Wildman–Crippen LogP) is 17.8. The molecular formula is C54H66O9S3Si5.